The summed E-state index contributed by atoms with van der Waals surface area (Å²) in [6, 6.07) is 11.1. The third-order valence-electron chi connectivity index (χ3n) is 3.10. The van der Waals surface area contributed by atoms with Crippen LogP contribution in [0, 0.1) is 0 Å². The molecular weight excluding hydrogens is 336 g/mol. The minimum Gasteiger partial charge on any atom is -0.504 e. The number of anilines is 1. The lowest BCUT2D eigenvalue weighted by Crippen LogP contribution is -2.11. The summed E-state index contributed by atoms with van der Waals surface area (Å²) >= 11 is 7.14. The molecule has 116 valence electrons. The van der Waals surface area contributed by atoms with Crippen molar-refractivity contribution < 1.29 is 15.0 Å². The largest absolute Gasteiger partial charge is 0.504 e. The zero-order valence-corrected chi connectivity index (χ0v) is 13.2. The zero-order chi connectivity index (χ0) is 16.4. The van der Waals surface area contributed by atoms with Crippen molar-refractivity contribution in [2.45, 2.75) is 0 Å². The Bertz CT molecular complexity index is 862. The number of phenolic OH excluding ortho intramolecular Hbond substituents is 2. The fraction of sp³-hybridized carbons (Fsp3) is 0. The van der Waals surface area contributed by atoms with Gasteiger partial charge in [0.25, 0.3) is 5.91 Å². The van der Waals surface area contributed by atoms with Crippen molar-refractivity contribution in [1.29, 1.82) is 0 Å². The van der Waals surface area contributed by atoms with Gasteiger partial charge >= 0.3 is 0 Å². The Hall–Kier alpha value is -2.57. The fourth-order valence-electron chi connectivity index (χ4n) is 1.92. The number of rotatable bonds is 3. The van der Waals surface area contributed by atoms with Gasteiger partial charge in [-0.25, -0.2) is 4.98 Å². The fourth-order valence-corrected chi connectivity index (χ4v) is 2.76. The molecule has 0 fully saturated rings. The Morgan fingerprint density at radius 2 is 1.83 bits per heavy atom. The molecule has 7 heteroatoms. The first-order chi connectivity index (χ1) is 11.0. The van der Waals surface area contributed by atoms with Crippen LogP contribution < -0.4 is 5.32 Å². The molecule has 0 aliphatic heterocycles. The zero-order valence-electron chi connectivity index (χ0n) is 11.7. The molecule has 0 saturated heterocycles. The van der Waals surface area contributed by atoms with E-state index in [4.69, 9.17) is 11.6 Å². The van der Waals surface area contributed by atoms with E-state index in [1.165, 1.54) is 29.5 Å². The Labute approximate surface area is 140 Å². The number of hydrogen-bond donors (Lipinski definition) is 3. The van der Waals surface area contributed by atoms with Gasteiger partial charge in [-0.15, -0.1) is 11.3 Å². The van der Waals surface area contributed by atoms with Crippen LogP contribution in [-0.4, -0.2) is 21.1 Å². The van der Waals surface area contributed by atoms with Gasteiger partial charge in [0.05, 0.1) is 5.69 Å². The number of hydrogen-bond acceptors (Lipinski definition) is 5. The van der Waals surface area contributed by atoms with E-state index < -0.39 is 5.91 Å². The molecular formula is C16H11ClN2O3S. The smallest absolute Gasteiger partial charge is 0.257 e. The Morgan fingerprint density at radius 3 is 2.52 bits per heavy atom. The van der Waals surface area contributed by atoms with E-state index in [0.717, 1.165) is 11.3 Å². The molecule has 3 N–H and O–H groups in total. The number of phenols is 2. The van der Waals surface area contributed by atoms with Gasteiger partial charge < -0.3 is 10.2 Å². The molecule has 0 spiro atoms. The van der Waals surface area contributed by atoms with E-state index in [-0.39, 0.29) is 17.1 Å². The lowest BCUT2D eigenvalue weighted by molar-refractivity contribution is 0.102. The van der Waals surface area contributed by atoms with E-state index in [2.05, 4.69) is 10.3 Å². The Kier molecular flexibility index (Phi) is 4.18. The lowest BCUT2D eigenvalue weighted by atomic mass is 10.2. The second-order valence-electron chi connectivity index (χ2n) is 4.70. The van der Waals surface area contributed by atoms with Crippen LogP contribution in [0.5, 0.6) is 11.5 Å². The maximum absolute atomic E-state index is 12.1. The maximum atomic E-state index is 12.1. The van der Waals surface area contributed by atoms with Gasteiger partial charge in [-0.3, -0.25) is 10.1 Å². The molecule has 0 atom stereocenters. The van der Waals surface area contributed by atoms with Crippen LogP contribution in [0.25, 0.3) is 11.3 Å². The van der Waals surface area contributed by atoms with Crippen molar-refractivity contribution in [3.63, 3.8) is 0 Å². The minimum atomic E-state index is -0.419. The van der Waals surface area contributed by atoms with Crippen molar-refractivity contribution in [3.8, 4) is 22.8 Å². The number of halogens is 1. The monoisotopic (exact) mass is 346 g/mol. The predicted molar refractivity (Wildman–Crippen MR) is 90.3 cm³/mol. The van der Waals surface area contributed by atoms with Crippen molar-refractivity contribution in [2.75, 3.05) is 5.32 Å². The van der Waals surface area contributed by atoms with Crippen LogP contribution in [0.3, 0.4) is 0 Å². The molecule has 1 heterocycles. The normalized spacial score (nSPS) is 10.5. The molecule has 3 rings (SSSR count). The summed E-state index contributed by atoms with van der Waals surface area (Å²) in [6.07, 6.45) is 0. The maximum Gasteiger partial charge on any atom is 0.257 e. The number of nitrogens with zero attached hydrogens (tertiary/aromatic N) is 1. The predicted octanol–water partition coefficient (Wildman–Crippen LogP) is 4.13. The van der Waals surface area contributed by atoms with Gasteiger partial charge in [0.15, 0.2) is 16.6 Å². The van der Waals surface area contributed by atoms with Crippen molar-refractivity contribution in [1.82, 2.24) is 4.98 Å². The summed E-state index contributed by atoms with van der Waals surface area (Å²) in [6.45, 7) is 0. The molecule has 1 amide bonds. The topological polar surface area (TPSA) is 82.5 Å². The lowest BCUT2D eigenvalue weighted by Gasteiger charge is -2.03. The number of aromatic hydroxyl groups is 2. The highest BCUT2D eigenvalue weighted by molar-refractivity contribution is 7.14. The van der Waals surface area contributed by atoms with Gasteiger partial charge in [-0.05, 0) is 30.3 Å². The van der Waals surface area contributed by atoms with E-state index in [1.54, 1.807) is 12.1 Å². The van der Waals surface area contributed by atoms with E-state index in [1.807, 2.05) is 17.5 Å². The molecule has 0 bridgehead atoms. The summed E-state index contributed by atoms with van der Waals surface area (Å²) in [5, 5.41) is 24.3. The van der Waals surface area contributed by atoms with E-state index in [0.29, 0.717) is 10.2 Å². The third kappa shape index (κ3) is 3.44. The van der Waals surface area contributed by atoms with Crippen molar-refractivity contribution in [3.05, 3.63) is 58.4 Å². The number of thiazole rings is 1. The molecule has 0 unspecified atom stereocenters. The third-order valence-corrected chi connectivity index (χ3v) is 4.11. The molecule has 23 heavy (non-hydrogen) atoms. The Morgan fingerprint density at radius 1 is 1.09 bits per heavy atom. The summed E-state index contributed by atoms with van der Waals surface area (Å²) in [4.78, 5) is 16.5. The summed E-state index contributed by atoms with van der Waals surface area (Å²) in [5.41, 5.74) is 1.85. The Balaban J connectivity index is 1.77. The standard InChI is InChI=1S/C16H11ClN2O3S/c17-11-4-1-9(2-5-11)12-8-23-16(18-12)19-15(22)10-3-6-13(20)14(21)7-10/h1-8,20-21H,(H,18,19,22). The average molecular weight is 347 g/mol. The first-order valence-corrected chi connectivity index (χ1v) is 7.83. The molecule has 0 radical (unpaired) electrons. The number of carbonyl (C=O) groups excluding carboxylic acids is 1. The number of amides is 1. The number of carbonyl (C=O) groups is 1. The van der Waals surface area contributed by atoms with Crippen molar-refractivity contribution >= 4 is 34.0 Å². The van der Waals surface area contributed by atoms with Crippen LogP contribution >= 0.6 is 22.9 Å². The second kappa shape index (κ2) is 6.28. The van der Waals surface area contributed by atoms with Gasteiger partial charge in [-0.2, -0.15) is 0 Å². The first-order valence-electron chi connectivity index (χ1n) is 6.58. The molecule has 0 aliphatic carbocycles. The van der Waals surface area contributed by atoms with Crippen LogP contribution in [-0.2, 0) is 0 Å². The summed E-state index contributed by atoms with van der Waals surface area (Å²) in [7, 11) is 0. The average Bonchev–Trinajstić information content (AvgIpc) is 2.99. The molecule has 5 nitrogen and oxygen atoms in total. The van der Waals surface area contributed by atoms with Crippen LogP contribution in [0.2, 0.25) is 5.02 Å². The highest BCUT2D eigenvalue weighted by atomic mass is 35.5. The SMILES string of the molecule is O=C(Nc1nc(-c2ccc(Cl)cc2)cs1)c1ccc(O)c(O)c1. The quantitative estimate of drug-likeness (QED) is 0.623. The molecule has 2 aromatic carbocycles. The number of aromatic nitrogens is 1. The molecule has 0 saturated carbocycles. The van der Waals surface area contributed by atoms with E-state index in [9.17, 15) is 15.0 Å². The van der Waals surface area contributed by atoms with E-state index >= 15 is 0 Å². The van der Waals surface area contributed by atoms with Crippen LogP contribution in [0.4, 0.5) is 5.13 Å². The number of nitrogens with one attached hydrogen (secondary N) is 1. The summed E-state index contributed by atoms with van der Waals surface area (Å²) in [5.74, 6) is -1.04. The molecule has 3 aromatic rings. The van der Waals surface area contributed by atoms with Crippen LogP contribution in [0.15, 0.2) is 47.8 Å². The van der Waals surface area contributed by atoms with Gasteiger partial charge in [0.2, 0.25) is 0 Å². The highest BCUT2D eigenvalue weighted by Crippen LogP contribution is 2.28. The van der Waals surface area contributed by atoms with Gasteiger partial charge in [0.1, 0.15) is 0 Å². The van der Waals surface area contributed by atoms with Crippen LogP contribution in [0.1, 0.15) is 10.4 Å². The summed E-state index contributed by atoms with van der Waals surface area (Å²) < 4.78 is 0. The van der Waals surface area contributed by atoms with Crippen molar-refractivity contribution in [2.24, 2.45) is 0 Å². The number of benzene rings is 2. The molecule has 0 aliphatic rings. The highest BCUT2D eigenvalue weighted by Gasteiger charge is 2.12. The minimum absolute atomic E-state index is 0.226. The first kappa shape index (κ1) is 15.3. The molecule has 1 aromatic heterocycles. The van der Waals surface area contributed by atoms with Gasteiger partial charge in [0, 0.05) is 21.5 Å². The van der Waals surface area contributed by atoms with Gasteiger partial charge in [-0.1, -0.05) is 23.7 Å². The second-order valence-corrected chi connectivity index (χ2v) is 6.00.